The maximum absolute atomic E-state index is 13.2. The van der Waals surface area contributed by atoms with Crippen molar-refractivity contribution in [2.45, 2.75) is 13.5 Å². The van der Waals surface area contributed by atoms with Crippen LogP contribution in [-0.2, 0) is 13.6 Å². The van der Waals surface area contributed by atoms with Crippen molar-refractivity contribution in [2.24, 2.45) is 7.05 Å². The molecular weight excluding hydrogens is 348 g/mol. The molecule has 0 saturated carbocycles. The maximum atomic E-state index is 13.2. The standard InChI is InChI=1S/C18H18N6OS/c1-13-12-15(22(2)21-13)17(25)24(11-10-23-9-5-8-19-23)18-20-14-6-3-4-7-16(14)26-18/h3-9,12H,10-11H2,1-2H3. The summed E-state index contributed by atoms with van der Waals surface area (Å²) in [5, 5.41) is 9.20. The molecule has 26 heavy (non-hydrogen) atoms. The van der Waals surface area contributed by atoms with Crippen molar-refractivity contribution < 1.29 is 4.79 Å². The van der Waals surface area contributed by atoms with Gasteiger partial charge in [-0.2, -0.15) is 10.2 Å². The van der Waals surface area contributed by atoms with Crippen LogP contribution in [0.25, 0.3) is 10.2 Å². The fraction of sp³-hybridized carbons (Fsp3) is 0.222. The van der Waals surface area contributed by atoms with Crippen LogP contribution in [0, 0.1) is 6.92 Å². The number of hydrogen-bond acceptors (Lipinski definition) is 5. The van der Waals surface area contributed by atoms with E-state index in [1.807, 2.05) is 48.1 Å². The van der Waals surface area contributed by atoms with Gasteiger partial charge in [0.1, 0.15) is 5.69 Å². The molecule has 0 unspecified atom stereocenters. The van der Waals surface area contributed by atoms with E-state index in [-0.39, 0.29) is 5.91 Å². The van der Waals surface area contributed by atoms with Gasteiger partial charge < -0.3 is 0 Å². The van der Waals surface area contributed by atoms with Crippen LogP contribution in [0.2, 0.25) is 0 Å². The number of thiazole rings is 1. The van der Waals surface area contributed by atoms with Crippen LogP contribution in [0.4, 0.5) is 5.13 Å². The van der Waals surface area contributed by atoms with Crippen LogP contribution in [0.1, 0.15) is 16.2 Å². The molecule has 0 bridgehead atoms. The number of para-hydroxylation sites is 1. The number of fused-ring (bicyclic) bond motifs is 1. The minimum absolute atomic E-state index is 0.112. The molecule has 0 aliphatic rings. The Balaban J connectivity index is 1.70. The first kappa shape index (κ1) is 16.5. The lowest BCUT2D eigenvalue weighted by Gasteiger charge is -2.19. The summed E-state index contributed by atoms with van der Waals surface area (Å²) in [4.78, 5) is 19.6. The van der Waals surface area contributed by atoms with Crippen molar-refractivity contribution in [3.05, 3.63) is 60.2 Å². The molecule has 3 heterocycles. The van der Waals surface area contributed by atoms with Gasteiger partial charge in [-0.15, -0.1) is 0 Å². The fourth-order valence-corrected chi connectivity index (χ4v) is 3.83. The molecule has 0 spiro atoms. The molecule has 1 aromatic carbocycles. The molecule has 0 radical (unpaired) electrons. The van der Waals surface area contributed by atoms with E-state index in [2.05, 4.69) is 15.2 Å². The Morgan fingerprint density at radius 1 is 1.27 bits per heavy atom. The number of nitrogens with zero attached hydrogens (tertiary/aromatic N) is 6. The molecule has 0 aliphatic heterocycles. The van der Waals surface area contributed by atoms with E-state index in [0.29, 0.717) is 23.9 Å². The van der Waals surface area contributed by atoms with E-state index < -0.39 is 0 Å². The third-order valence-corrected chi connectivity index (χ3v) is 5.15. The van der Waals surface area contributed by atoms with Crippen molar-refractivity contribution in [1.29, 1.82) is 0 Å². The Morgan fingerprint density at radius 2 is 2.12 bits per heavy atom. The Morgan fingerprint density at radius 3 is 2.81 bits per heavy atom. The van der Waals surface area contributed by atoms with Crippen LogP contribution in [0.3, 0.4) is 0 Å². The average Bonchev–Trinajstić information content (AvgIpc) is 3.34. The smallest absolute Gasteiger partial charge is 0.278 e. The van der Waals surface area contributed by atoms with Crippen molar-refractivity contribution >= 4 is 32.6 Å². The molecule has 0 aliphatic carbocycles. The number of benzene rings is 1. The van der Waals surface area contributed by atoms with Crippen LogP contribution in [0.15, 0.2) is 48.8 Å². The second-order valence-electron chi connectivity index (χ2n) is 5.98. The minimum Gasteiger partial charge on any atom is -0.281 e. The van der Waals surface area contributed by atoms with Crippen LogP contribution < -0.4 is 4.90 Å². The van der Waals surface area contributed by atoms with Gasteiger partial charge in [-0.3, -0.25) is 19.1 Å². The van der Waals surface area contributed by atoms with Gasteiger partial charge in [0.25, 0.3) is 5.91 Å². The zero-order chi connectivity index (χ0) is 18.1. The van der Waals surface area contributed by atoms with Crippen LogP contribution in [-0.4, -0.2) is 37.0 Å². The van der Waals surface area contributed by atoms with E-state index in [1.165, 1.54) is 11.3 Å². The maximum Gasteiger partial charge on any atom is 0.278 e. The van der Waals surface area contributed by atoms with Gasteiger partial charge in [0.05, 0.1) is 22.5 Å². The van der Waals surface area contributed by atoms with Crippen molar-refractivity contribution in [1.82, 2.24) is 24.5 Å². The predicted molar refractivity (Wildman–Crippen MR) is 101 cm³/mol. The van der Waals surface area contributed by atoms with Gasteiger partial charge in [-0.05, 0) is 31.2 Å². The number of hydrogen-bond donors (Lipinski definition) is 0. The highest BCUT2D eigenvalue weighted by molar-refractivity contribution is 7.22. The molecular formula is C18H18N6OS. The summed E-state index contributed by atoms with van der Waals surface area (Å²) in [5.74, 6) is -0.112. The SMILES string of the molecule is Cc1cc(C(=O)N(CCn2cccn2)c2nc3ccccc3s2)n(C)n1. The lowest BCUT2D eigenvalue weighted by atomic mass is 10.3. The molecule has 132 valence electrons. The summed E-state index contributed by atoms with van der Waals surface area (Å²) in [7, 11) is 1.78. The average molecular weight is 366 g/mol. The predicted octanol–water partition coefficient (Wildman–Crippen LogP) is 2.88. The number of anilines is 1. The fourth-order valence-electron chi connectivity index (χ4n) is 2.84. The molecule has 0 atom stereocenters. The van der Waals surface area contributed by atoms with Gasteiger partial charge in [0.15, 0.2) is 5.13 Å². The van der Waals surface area contributed by atoms with Crippen LogP contribution >= 0.6 is 11.3 Å². The Kier molecular flexibility index (Phi) is 4.26. The molecule has 0 saturated heterocycles. The number of carbonyl (C=O) groups excluding carboxylic acids is 1. The third-order valence-electron chi connectivity index (χ3n) is 4.09. The molecule has 4 rings (SSSR count). The zero-order valence-electron chi connectivity index (χ0n) is 14.5. The number of amides is 1. The Hall–Kier alpha value is -3.00. The first-order valence-corrected chi connectivity index (χ1v) is 9.09. The summed E-state index contributed by atoms with van der Waals surface area (Å²) in [6.07, 6.45) is 3.61. The highest BCUT2D eigenvalue weighted by Crippen LogP contribution is 2.29. The van der Waals surface area contributed by atoms with Gasteiger partial charge in [-0.25, -0.2) is 4.98 Å². The lowest BCUT2D eigenvalue weighted by molar-refractivity contribution is 0.0976. The first-order chi connectivity index (χ1) is 12.6. The normalized spacial score (nSPS) is 11.2. The van der Waals surface area contributed by atoms with E-state index in [1.54, 1.807) is 28.9 Å². The highest BCUT2D eigenvalue weighted by Gasteiger charge is 2.24. The first-order valence-electron chi connectivity index (χ1n) is 8.27. The number of aromatic nitrogens is 5. The van der Waals surface area contributed by atoms with E-state index in [9.17, 15) is 4.79 Å². The van der Waals surface area contributed by atoms with Crippen LogP contribution in [0.5, 0.6) is 0 Å². The third kappa shape index (κ3) is 3.11. The largest absolute Gasteiger partial charge is 0.281 e. The summed E-state index contributed by atoms with van der Waals surface area (Å²) < 4.78 is 4.48. The van der Waals surface area contributed by atoms with Gasteiger partial charge >= 0.3 is 0 Å². The number of aryl methyl sites for hydroxylation is 2. The molecule has 3 aromatic heterocycles. The van der Waals surface area contributed by atoms with E-state index >= 15 is 0 Å². The molecule has 7 nitrogen and oxygen atoms in total. The summed E-state index contributed by atoms with van der Waals surface area (Å²) in [5.41, 5.74) is 2.25. The van der Waals surface area contributed by atoms with Crippen molar-refractivity contribution in [3.63, 3.8) is 0 Å². The lowest BCUT2D eigenvalue weighted by Crippen LogP contribution is -2.35. The highest BCUT2D eigenvalue weighted by atomic mass is 32.1. The van der Waals surface area contributed by atoms with Gasteiger partial charge in [0.2, 0.25) is 0 Å². The number of carbonyl (C=O) groups is 1. The Bertz CT molecular complexity index is 1020. The summed E-state index contributed by atoms with van der Waals surface area (Å²) in [6, 6.07) is 11.6. The molecule has 4 aromatic rings. The van der Waals surface area contributed by atoms with E-state index in [0.717, 1.165) is 15.9 Å². The monoisotopic (exact) mass is 366 g/mol. The molecule has 1 amide bonds. The molecule has 0 N–H and O–H groups in total. The second-order valence-corrected chi connectivity index (χ2v) is 6.99. The second kappa shape index (κ2) is 6.72. The van der Waals surface area contributed by atoms with Crippen molar-refractivity contribution in [2.75, 3.05) is 11.4 Å². The molecule has 8 heteroatoms. The molecule has 0 fully saturated rings. The summed E-state index contributed by atoms with van der Waals surface area (Å²) in [6.45, 7) is 2.94. The Labute approximate surface area is 154 Å². The summed E-state index contributed by atoms with van der Waals surface area (Å²) >= 11 is 1.51. The van der Waals surface area contributed by atoms with Gasteiger partial charge in [0, 0.05) is 26.0 Å². The zero-order valence-corrected chi connectivity index (χ0v) is 15.3. The van der Waals surface area contributed by atoms with E-state index in [4.69, 9.17) is 0 Å². The topological polar surface area (TPSA) is 68.8 Å². The minimum atomic E-state index is -0.112. The van der Waals surface area contributed by atoms with Crippen molar-refractivity contribution in [3.8, 4) is 0 Å². The number of rotatable bonds is 5. The van der Waals surface area contributed by atoms with Gasteiger partial charge in [-0.1, -0.05) is 23.5 Å². The quantitative estimate of drug-likeness (QED) is 0.545.